The minimum atomic E-state index is -0.495. The number of hydrogen-bond acceptors (Lipinski definition) is 4. The van der Waals surface area contributed by atoms with Crippen LogP contribution in [-0.2, 0) is 22.6 Å². The molecule has 31 heavy (non-hydrogen) atoms. The highest BCUT2D eigenvalue weighted by molar-refractivity contribution is 6.02. The maximum Gasteiger partial charge on any atom is 0.324 e. The van der Waals surface area contributed by atoms with Gasteiger partial charge in [-0.25, -0.2) is 4.79 Å². The molecule has 1 saturated heterocycles. The van der Waals surface area contributed by atoms with Crippen molar-refractivity contribution in [3.8, 4) is 0 Å². The molecule has 5 amide bonds. The number of hydrogen-bond donors (Lipinski definition) is 3. The molecule has 3 N–H and O–H groups in total. The normalized spacial score (nSPS) is 13.2. The van der Waals surface area contributed by atoms with Gasteiger partial charge >= 0.3 is 6.03 Å². The summed E-state index contributed by atoms with van der Waals surface area (Å²) in [4.78, 5) is 49.3. The minimum Gasteiger partial charge on any atom is -0.329 e. The molecule has 0 atom stereocenters. The van der Waals surface area contributed by atoms with E-state index in [4.69, 9.17) is 0 Å². The summed E-state index contributed by atoms with van der Waals surface area (Å²) in [5.41, 5.74) is 6.63. The smallest absolute Gasteiger partial charge is 0.324 e. The summed E-state index contributed by atoms with van der Waals surface area (Å²) in [6, 6.07) is 19.6. The molecular weight excluding hydrogens is 396 g/mol. The third kappa shape index (κ3) is 4.53. The van der Waals surface area contributed by atoms with E-state index in [1.54, 1.807) is 24.3 Å². The van der Waals surface area contributed by atoms with Crippen molar-refractivity contribution < 1.29 is 19.2 Å². The molecule has 0 bridgehead atoms. The maximum atomic E-state index is 12.4. The molecule has 4 rings (SSSR count). The first kappa shape index (κ1) is 20.1. The van der Waals surface area contributed by atoms with E-state index >= 15 is 0 Å². The van der Waals surface area contributed by atoms with Crippen LogP contribution in [0, 0.1) is 0 Å². The number of nitrogens with zero attached hydrogens (tertiary/aromatic N) is 1. The Morgan fingerprint density at radius 1 is 0.935 bits per heavy atom. The summed E-state index contributed by atoms with van der Waals surface area (Å²) >= 11 is 0. The zero-order valence-electron chi connectivity index (χ0n) is 16.6. The second-order valence-electron chi connectivity index (χ2n) is 7.16. The Morgan fingerprint density at radius 2 is 1.71 bits per heavy atom. The molecule has 156 valence electrons. The lowest BCUT2D eigenvalue weighted by Gasteiger charge is -2.13. The van der Waals surface area contributed by atoms with Crippen molar-refractivity contribution in [2.75, 3.05) is 6.54 Å². The van der Waals surface area contributed by atoms with Gasteiger partial charge in [-0.2, -0.15) is 0 Å². The maximum absolute atomic E-state index is 12.4. The van der Waals surface area contributed by atoms with Crippen molar-refractivity contribution in [2.24, 2.45) is 0 Å². The van der Waals surface area contributed by atoms with Gasteiger partial charge in [-0.05, 0) is 34.0 Å². The molecule has 0 radical (unpaired) electrons. The van der Waals surface area contributed by atoms with Crippen LogP contribution in [0.2, 0.25) is 0 Å². The minimum absolute atomic E-state index is 0.0260. The van der Waals surface area contributed by atoms with Crippen molar-refractivity contribution in [1.29, 1.82) is 0 Å². The van der Waals surface area contributed by atoms with E-state index in [-0.39, 0.29) is 31.3 Å². The monoisotopic (exact) mass is 416 g/mol. The van der Waals surface area contributed by atoms with Gasteiger partial charge < -0.3 is 5.32 Å². The standard InChI is InChI=1S/C23H20N4O4/c28-20(12-17-8-4-7-16-6-1-2-10-19(16)17)25-26-22(30)18-9-3-5-15(11-18)14-27-21(29)13-24-23(27)31/h1-11H,12-14H2,(H,24,31)(H,25,28)(H,26,30). The fraction of sp³-hybridized carbons (Fsp3) is 0.130. The van der Waals surface area contributed by atoms with Crippen LogP contribution in [0.25, 0.3) is 10.8 Å². The predicted octanol–water partition coefficient (Wildman–Crippen LogP) is 1.90. The fourth-order valence-electron chi connectivity index (χ4n) is 3.47. The van der Waals surface area contributed by atoms with Crippen molar-refractivity contribution in [3.05, 3.63) is 83.4 Å². The highest BCUT2D eigenvalue weighted by atomic mass is 16.2. The Bertz CT molecular complexity index is 1170. The summed E-state index contributed by atoms with van der Waals surface area (Å²) < 4.78 is 0. The molecule has 0 aliphatic carbocycles. The van der Waals surface area contributed by atoms with Crippen LogP contribution in [0.1, 0.15) is 21.5 Å². The molecule has 0 aromatic heterocycles. The van der Waals surface area contributed by atoms with E-state index in [0.29, 0.717) is 11.1 Å². The van der Waals surface area contributed by atoms with E-state index in [9.17, 15) is 19.2 Å². The third-order valence-electron chi connectivity index (χ3n) is 5.01. The van der Waals surface area contributed by atoms with Crippen molar-refractivity contribution in [2.45, 2.75) is 13.0 Å². The van der Waals surface area contributed by atoms with Gasteiger partial charge in [-0.15, -0.1) is 0 Å². The Balaban J connectivity index is 1.37. The van der Waals surface area contributed by atoms with Gasteiger partial charge in [0, 0.05) is 5.56 Å². The molecule has 0 spiro atoms. The summed E-state index contributed by atoms with van der Waals surface area (Å²) in [5, 5.41) is 4.48. The van der Waals surface area contributed by atoms with Crippen molar-refractivity contribution in [1.82, 2.24) is 21.1 Å². The van der Waals surface area contributed by atoms with Crippen LogP contribution in [-0.4, -0.2) is 35.2 Å². The van der Waals surface area contributed by atoms with Gasteiger partial charge in [0.2, 0.25) is 11.8 Å². The molecule has 3 aromatic rings. The second kappa shape index (κ2) is 8.66. The average Bonchev–Trinajstić information content (AvgIpc) is 3.10. The molecular formula is C23H20N4O4. The van der Waals surface area contributed by atoms with Crippen LogP contribution in [0.15, 0.2) is 66.7 Å². The number of benzene rings is 3. The number of nitrogens with one attached hydrogen (secondary N) is 3. The van der Waals surface area contributed by atoms with E-state index in [1.807, 2.05) is 42.5 Å². The quantitative estimate of drug-likeness (QED) is 0.436. The number of carbonyl (C=O) groups excluding carboxylic acids is 4. The van der Waals surface area contributed by atoms with Gasteiger partial charge in [-0.3, -0.25) is 30.1 Å². The van der Waals surface area contributed by atoms with Gasteiger partial charge in [-0.1, -0.05) is 54.6 Å². The Morgan fingerprint density at radius 3 is 2.52 bits per heavy atom. The molecule has 8 nitrogen and oxygen atoms in total. The van der Waals surface area contributed by atoms with Gasteiger partial charge in [0.15, 0.2) is 0 Å². The van der Waals surface area contributed by atoms with Crippen molar-refractivity contribution in [3.63, 3.8) is 0 Å². The van der Waals surface area contributed by atoms with Crippen molar-refractivity contribution >= 4 is 34.5 Å². The first-order valence-electron chi connectivity index (χ1n) is 9.74. The number of urea groups is 1. The molecule has 1 fully saturated rings. The van der Waals surface area contributed by atoms with E-state index in [0.717, 1.165) is 21.2 Å². The average molecular weight is 416 g/mol. The predicted molar refractivity (Wildman–Crippen MR) is 114 cm³/mol. The first-order chi connectivity index (χ1) is 15.0. The van der Waals surface area contributed by atoms with Crippen LogP contribution in [0.4, 0.5) is 4.79 Å². The second-order valence-corrected chi connectivity index (χ2v) is 7.16. The van der Waals surface area contributed by atoms with Gasteiger partial charge in [0.1, 0.15) is 0 Å². The zero-order chi connectivity index (χ0) is 21.8. The third-order valence-corrected chi connectivity index (χ3v) is 5.01. The van der Waals surface area contributed by atoms with E-state index in [1.165, 1.54) is 0 Å². The first-order valence-corrected chi connectivity index (χ1v) is 9.74. The number of fused-ring (bicyclic) bond motifs is 1. The summed E-state index contributed by atoms with van der Waals surface area (Å²) in [5.74, 6) is -1.16. The highest BCUT2D eigenvalue weighted by Gasteiger charge is 2.28. The Hall–Kier alpha value is -4.20. The van der Waals surface area contributed by atoms with Gasteiger partial charge in [0.25, 0.3) is 5.91 Å². The number of hydrazine groups is 1. The topological polar surface area (TPSA) is 108 Å². The van der Waals surface area contributed by atoms with Crippen LogP contribution in [0.3, 0.4) is 0 Å². The van der Waals surface area contributed by atoms with Gasteiger partial charge in [0.05, 0.1) is 19.5 Å². The highest BCUT2D eigenvalue weighted by Crippen LogP contribution is 2.18. The lowest BCUT2D eigenvalue weighted by atomic mass is 10.0. The summed E-state index contributed by atoms with van der Waals surface area (Å²) in [6.45, 7) is 0.0426. The molecule has 1 aliphatic rings. The zero-order valence-corrected chi connectivity index (χ0v) is 16.6. The Labute approximate surface area is 178 Å². The lowest BCUT2D eigenvalue weighted by Crippen LogP contribution is -2.42. The molecule has 1 aliphatic heterocycles. The van der Waals surface area contributed by atoms with Crippen LogP contribution in [0.5, 0.6) is 0 Å². The number of carbonyl (C=O) groups is 4. The Kier molecular flexibility index (Phi) is 5.61. The molecule has 8 heteroatoms. The molecule has 1 heterocycles. The molecule has 0 saturated carbocycles. The largest absolute Gasteiger partial charge is 0.329 e. The van der Waals surface area contributed by atoms with Crippen LogP contribution >= 0.6 is 0 Å². The fourth-order valence-corrected chi connectivity index (χ4v) is 3.47. The summed E-state index contributed by atoms with van der Waals surface area (Å²) in [6.07, 6.45) is 0.119. The SMILES string of the molecule is O=C(Cc1cccc2ccccc12)NNC(=O)c1cccc(CN2C(=O)CNC2=O)c1. The number of amides is 5. The number of rotatable bonds is 5. The molecule has 3 aromatic carbocycles. The summed E-state index contributed by atoms with van der Waals surface area (Å²) in [7, 11) is 0. The lowest BCUT2D eigenvalue weighted by molar-refractivity contribution is -0.125. The van der Waals surface area contributed by atoms with E-state index in [2.05, 4.69) is 16.2 Å². The number of imide groups is 1. The van der Waals surface area contributed by atoms with Crippen LogP contribution < -0.4 is 16.2 Å². The molecule has 0 unspecified atom stereocenters. The van der Waals surface area contributed by atoms with E-state index < -0.39 is 11.9 Å².